The summed E-state index contributed by atoms with van der Waals surface area (Å²) < 4.78 is 12.8. The van der Waals surface area contributed by atoms with Gasteiger partial charge in [-0.25, -0.2) is 4.39 Å². The maximum atomic E-state index is 12.8. The van der Waals surface area contributed by atoms with E-state index >= 15 is 0 Å². The predicted octanol–water partition coefficient (Wildman–Crippen LogP) is 2.57. The largest absolute Gasteiger partial charge is 0.294 e. The summed E-state index contributed by atoms with van der Waals surface area (Å²) in [5, 5.41) is 8.31. The molecule has 0 saturated heterocycles. The van der Waals surface area contributed by atoms with Gasteiger partial charge in [-0.15, -0.1) is 0 Å². The third kappa shape index (κ3) is 2.27. The number of carbonyl (C=O) groups is 1. The summed E-state index contributed by atoms with van der Waals surface area (Å²) in [6, 6.07) is 5.65. The Kier molecular flexibility index (Phi) is 3.14. The van der Waals surface area contributed by atoms with Crippen LogP contribution in [-0.2, 0) is 0 Å². The lowest BCUT2D eigenvalue weighted by atomic mass is 10.0. The third-order valence-corrected chi connectivity index (χ3v) is 1.73. The van der Waals surface area contributed by atoms with Crippen LogP contribution >= 0.6 is 0 Å². The highest BCUT2D eigenvalue weighted by molar-refractivity contribution is 5.97. The van der Waals surface area contributed by atoms with Crippen LogP contribution in [0, 0.1) is 17.1 Å². The molecule has 0 heterocycles. The number of hydrogen-bond acceptors (Lipinski definition) is 2. The van der Waals surface area contributed by atoms with Gasteiger partial charge in [-0.3, -0.25) is 4.79 Å². The molecule has 1 aromatic rings. The minimum Gasteiger partial charge on any atom is -0.294 e. The maximum absolute atomic E-state index is 12.8. The van der Waals surface area contributed by atoms with Crippen LogP contribution in [0.15, 0.2) is 24.3 Å². The molecule has 0 spiro atoms. The summed E-state index contributed by atoms with van der Waals surface area (Å²) in [6.45, 7) is 1.40. The fourth-order valence-corrected chi connectivity index (χ4v) is 1.12. The Morgan fingerprint density at radius 3 is 2.86 bits per heavy atom. The van der Waals surface area contributed by atoms with Crippen LogP contribution in [0.5, 0.6) is 0 Å². The van der Waals surface area contributed by atoms with Crippen LogP contribution in [0.25, 0.3) is 6.08 Å². The average molecular weight is 189 g/mol. The summed E-state index contributed by atoms with van der Waals surface area (Å²) in [6.07, 6.45) is 2.63. The van der Waals surface area contributed by atoms with Crippen molar-refractivity contribution in [3.8, 4) is 6.07 Å². The normalized spacial score (nSPS) is 10.1. The molecule has 0 amide bonds. The molecule has 0 radical (unpaired) electrons. The molecule has 1 aromatic carbocycles. The molecule has 70 valence electrons. The van der Waals surface area contributed by atoms with Crippen molar-refractivity contribution in [1.29, 1.82) is 5.26 Å². The lowest BCUT2D eigenvalue weighted by molar-refractivity contribution is 0.101. The lowest BCUT2D eigenvalue weighted by Crippen LogP contribution is -1.96. The zero-order valence-electron chi connectivity index (χ0n) is 7.62. The SMILES string of the molecule is CC(=O)c1ccc(F)cc1C=CC#N. The number of Topliss-reactive ketones (excluding diaryl/α,β-unsaturated/α-hetero) is 1. The first-order chi connectivity index (χ1) is 6.65. The topological polar surface area (TPSA) is 40.9 Å². The Morgan fingerprint density at radius 2 is 2.29 bits per heavy atom. The van der Waals surface area contributed by atoms with Gasteiger partial charge in [0.25, 0.3) is 0 Å². The fourth-order valence-electron chi connectivity index (χ4n) is 1.12. The Balaban J connectivity index is 3.24. The van der Waals surface area contributed by atoms with E-state index in [0.717, 1.165) is 0 Å². The van der Waals surface area contributed by atoms with Gasteiger partial charge in [0.1, 0.15) is 5.82 Å². The van der Waals surface area contributed by atoms with Crippen LogP contribution in [0.2, 0.25) is 0 Å². The molecule has 1 rings (SSSR count). The van der Waals surface area contributed by atoms with Crippen LogP contribution in [0.4, 0.5) is 4.39 Å². The smallest absolute Gasteiger partial charge is 0.160 e. The number of carbonyl (C=O) groups excluding carboxylic acids is 1. The number of hydrogen-bond donors (Lipinski definition) is 0. The average Bonchev–Trinajstić information content (AvgIpc) is 2.14. The molecule has 0 aliphatic heterocycles. The van der Waals surface area contributed by atoms with Gasteiger partial charge in [0.15, 0.2) is 5.78 Å². The molecule has 0 aliphatic rings. The molecule has 0 atom stereocenters. The number of halogens is 1. The second kappa shape index (κ2) is 4.33. The lowest BCUT2D eigenvalue weighted by Gasteiger charge is -2.01. The third-order valence-electron chi connectivity index (χ3n) is 1.73. The van der Waals surface area contributed by atoms with E-state index in [9.17, 15) is 9.18 Å². The predicted molar refractivity (Wildman–Crippen MR) is 51.1 cm³/mol. The first-order valence-electron chi connectivity index (χ1n) is 4.02. The number of nitrogens with zero attached hydrogens (tertiary/aromatic N) is 1. The molecule has 0 N–H and O–H groups in total. The Hall–Kier alpha value is -1.95. The number of nitriles is 1. The first-order valence-corrected chi connectivity index (χ1v) is 4.02. The second-order valence-electron chi connectivity index (χ2n) is 2.75. The fraction of sp³-hybridized carbons (Fsp3) is 0.0909. The van der Waals surface area contributed by atoms with Gasteiger partial charge in [-0.2, -0.15) is 5.26 Å². The van der Waals surface area contributed by atoms with Crippen molar-refractivity contribution in [3.63, 3.8) is 0 Å². The maximum Gasteiger partial charge on any atom is 0.160 e. The van der Waals surface area contributed by atoms with Gasteiger partial charge < -0.3 is 0 Å². The van der Waals surface area contributed by atoms with Gasteiger partial charge in [0.2, 0.25) is 0 Å². The molecule has 3 heteroatoms. The summed E-state index contributed by atoms with van der Waals surface area (Å²) in [5.41, 5.74) is 0.844. The molecule has 0 bridgehead atoms. The molecule has 2 nitrogen and oxygen atoms in total. The zero-order valence-corrected chi connectivity index (χ0v) is 7.62. The molecule has 0 saturated carbocycles. The minimum absolute atomic E-state index is 0.150. The van der Waals surface area contributed by atoms with Gasteiger partial charge >= 0.3 is 0 Å². The van der Waals surface area contributed by atoms with Gasteiger partial charge in [0, 0.05) is 11.6 Å². The second-order valence-corrected chi connectivity index (χ2v) is 2.75. The quantitative estimate of drug-likeness (QED) is 0.530. The standard InChI is InChI=1S/C11H8FNO/c1-8(14)11-5-4-10(12)7-9(11)3-2-6-13/h2-5,7H,1H3. The van der Waals surface area contributed by atoms with Crippen molar-refractivity contribution in [2.24, 2.45) is 0 Å². The number of allylic oxidation sites excluding steroid dienone is 1. The molecule has 14 heavy (non-hydrogen) atoms. The summed E-state index contributed by atoms with van der Waals surface area (Å²) in [4.78, 5) is 11.1. The highest BCUT2D eigenvalue weighted by Crippen LogP contribution is 2.13. The number of rotatable bonds is 2. The van der Waals surface area contributed by atoms with E-state index in [4.69, 9.17) is 5.26 Å². The molecule has 0 aliphatic carbocycles. The summed E-state index contributed by atoms with van der Waals surface area (Å²) in [5.74, 6) is -0.574. The van der Waals surface area contributed by atoms with Crippen molar-refractivity contribution in [2.75, 3.05) is 0 Å². The zero-order chi connectivity index (χ0) is 10.6. The van der Waals surface area contributed by atoms with Crippen LogP contribution in [0.3, 0.4) is 0 Å². The molecule has 0 unspecified atom stereocenters. The van der Waals surface area contributed by atoms with E-state index in [1.54, 1.807) is 6.07 Å². The van der Waals surface area contributed by atoms with Crippen molar-refractivity contribution in [2.45, 2.75) is 6.92 Å². The van der Waals surface area contributed by atoms with E-state index in [0.29, 0.717) is 11.1 Å². The van der Waals surface area contributed by atoms with Gasteiger partial charge in [0.05, 0.1) is 6.07 Å². The highest BCUT2D eigenvalue weighted by atomic mass is 19.1. The van der Waals surface area contributed by atoms with E-state index in [1.165, 1.54) is 37.3 Å². The van der Waals surface area contributed by atoms with E-state index < -0.39 is 5.82 Å². The van der Waals surface area contributed by atoms with Gasteiger partial charge in [-0.1, -0.05) is 0 Å². The van der Waals surface area contributed by atoms with Crippen LogP contribution in [0.1, 0.15) is 22.8 Å². The Bertz CT molecular complexity index is 429. The number of benzene rings is 1. The monoisotopic (exact) mass is 189 g/mol. The summed E-state index contributed by atoms with van der Waals surface area (Å²) >= 11 is 0. The first kappa shape index (κ1) is 10.1. The van der Waals surface area contributed by atoms with Crippen molar-refractivity contribution < 1.29 is 9.18 Å². The van der Waals surface area contributed by atoms with Crippen LogP contribution in [-0.4, -0.2) is 5.78 Å². The van der Waals surface area contributed by atoms with E-state index in [-0.39, 0.29) is 5.78 Å². The van der Waals surface area contributed by atoms with Crippen molar-refractivity contribution >= 4 is 11.9 Å². The highest BCUT2D eigenvalue weighted by Gasteiger charge is 2.05. The molecule has 0 aromatic heterocycles. The minimum atomic E-state index is -0.424. The van der Waals surface area contributed by atoms with Crippen molar-refractivity contribution in [1.82, 2.24) is 0 Å². The Morgan fingerprint density at radius 1 is 1.57 bits per heavy atom. The van der Waals surface area contributed by atoms with Gasteiger partial charge in [-0.05, 0) is 36.8 Å². The van der Waals surface area contributed by atoms with E-state index in [1.807, 2.05) is 0 Å². The number of ketones is 1. The molecular formula is C11H8FNO. The Labute approximate surface area is 81.3 Å². The molecule has 0 fully saturated rings. The molecular weight excluding hydrogens is 181 g/mol. The van der Waals surface area contributed by atoms with Crippen LogP contribution < -0.4 is 0 Å². The summed E-state index contributed by atoms with van der Waals surface area (Å²) in [7, 11) is 0. The van der Waals surface area contributed by atoms with Crippen molar-refractivity contribution in [3.05, 3.63) is 41.2 Å². The van der Waals surface area contributed by atoms with E-state index in [2.05, 4.69) is 0 Å².